The lowest BCUT2D eigenvalue weighted by molar-refractivity contribution is 0.102. The third-order valence-corrected chi connectivity index (χ3v) is 5.12. The lowest BCUT2D eigenvalue weighted by Gasteiger charge is -2.18. The number of benzene rings is 3. The number of amides is 1. The van der Waals surface area contributed by atoms with Crippen LogP contribution in [0.3, 0.4) is 0 Å². The van der Waals surface area contributed by atoms with Gasteiger partial charge in [0.1, 0.15) is 19.0 Å². The standard InChI is InChI=1S/C22H20N2O4S/c1-26-18-8-6-16(7-9-18)23-22(25)15-2-4-17(5-3-15)24-29-19-10-11-20-21(14-19)28-13-12-27-20/h2-11,14,24H,12-13H2,1H3,(H,23,25). The van der Waals surface area contributed by atoms with E-state index in [9.17, 15) is 4.79 Å². The molecule has 0 spiro atoms. The Kier molecular flexibility index (Phi) is 5.76. The van der Waals surface area contributed by atoms with Gasteiger partial charge in [-0.3, -0.25) is 4.79 Å². The van der Waals surface area contributed by atoms with Gasteiger partial charge in [0.2, 0.25) is 0 Å². The van der Waals surface area contributed by atoms with Gasteiger partial charge in [-0.05, 0) is 78.7 Å². The maximum absolute atomic E-state index is 12.4. The Morgan fingerprint density at radius 1 is 0.897 bits per heavy atom. The first-order valence-corrected chi connectivity index (χ1v) is 9.91. The molecule has 1 heterocycles. The molecule has 1 aliphatic rings. The van der Waals surface area contributed by atoms with Gasteiger partial charge in [-0.2, -0.15) is 0 Å². The van der Waals surface area contributed by atoms with Crippen molar-refractivity contribution in [2.24, 2.45) is 0 Å². The fraction of sp³-hybridized carbons (Fsp3) is 0.136. The first-order valence-electron chi connectivity index (χ1n) is 9.09. The number of carbonyl (C=O) groups excluding carboxylic acids is 1. The van der Waals surface area contributed by atoms with Gasteiger partial charge < -0.3 is 24.2 Å². The van der Waals surface area contributed by atoms with Gasteiger partial charge in [0.25, 0.3) is 5.91 Å². The van der Waals surface area contributed by atoms with Crippen LogP contribution in [0, 0.1) is 0 Å². The summed E-state index contributed by atoms with van der Waals surface area (Å²) in [6.07, 6.45) is 0. The molecular formula is C22H20N2O4S. The minimum absolute atomic E-state index is 0.166. The Hall–Kier alpha value is -3.32. The van der Waals surface area contributed by atoms with Gasteiger partial charge in [-0.15, -0.1) is 0 Å². The number of anilines is 2. The van der Waals surface area contributed by atoms with Gasteiger partial charge >= 0.3 is 0 Å². The summed E-state index contributed by atoms with van der Waals surface area (Å²) in [7, 11) is 1.61. The van der Waals surface area contributed by atoms with Crippen molar-refractivity contribution in [1.29, 1.82) is 0 Å². The minimum atomic E-state index is -0.166. The third-order valence-electron chi connectivity index (χ3n) is 4.30. The molecule has 0 unspecified atom stereocenters. The Bertz CT molecular complexity index is 991. The molecule has 0 aromatic heterocycles. The van der Waals surface area contributed by atoms with E-state index >= 15 is 0 Å². The van der Waals surface area contributed by atoms with E-state index in [1.165, 1.54) is 11.9 Å². The summed E-state index contributed by atoms with van der Waals surface area (Å²) in [6, 6.07) is 20.3. The van der Waals surface area contributed by atoms with Crippen LogP contribution in [0.1, 0.15) is 10.4 Å². The normalized spacial score (nSPS) is 12.2. The molecule has 0 bridgehead atoms. The zero-order valence-electron chi connectivity index (χ0n) is 15.8. The maximum Gasteiger partial charge on any atom is 0.255 e. The molecule has 148 valence electrons. The van der Waals surface area contributed by atoms with Crippen LogP contribution in [0.4, 0.5) is 11.4 Å². The highest BCUT2D eigenvalue weighted by Gasteiger charge is 2.12. The van der Waals surface area contributed by atoms with Crippen molar-refractivity contribution in [3.8, 4) is 17.2 Å². The molecular weight excluding hydrogens is 388 g/mol. The first kappa shape index (κ1) is 19.0. The van der Waals surface area contributed by atoms with Crippen molar-refractivity contribution in [2.75, 3.05) is 30.4 Å². The minimum Gasteiger partial charge on any atom is -0.497 e. The van der Waals surface area contributed by atoms with Crippen LogP contribution in [0.2, 0.25) is 0 Å². The van der Waals surface area contributed by atoms with Crippen molar-refractivity contribution in [1.82, 2.24) is 0 Å². The Morgan fingerprint density at radius 3 is 2.31 bits per heavy atom. The first-order chi connectivity index (χ1) is 14.2. The van der Waals surface area contributed by atoms with E-state index in [0.717, 1.165) is 27.8 Å². The summed E-state index contributed by atoms with van der Waals surface area (Å²) in [5, 5.41) is 2.87. The van der Waals surface area contributed by atoms with Crippen molar-refractivity contribution in [3.63, 3.8) is 0 Å². The van der Waals surface area contributed by atoms with E-state index in [4.69, 9.17) is 14.2 Å². The summed E-state index contributed by atoms with van der Waals surface area (Å²) in [5.74, 6) is 2.11. The van der Waals surface area contributed by atoms with Crippen molar-refractivity contribution in [3.05, 3.63) is 72.3 Å². The average Bonchev–Trinajstić information content (AvgIpc) is 2.78. The molecule has 0 saturated heterocycles. The number of hydrogen-bond donors (Lipinski definition) is 2. The van der Waals surface area contributed by atoms with Crippen LogP contribution < -0.4 is 24.2 Å². The molecule has 3 aromatic carbocycles. The molecule has 4 rings (SSSR count). The molecule has 1 aliphatic heterocycles. The molecule has 29 heavy (non-hydrogen) atoms. The van der Waals surface area contributed by atoms with Crippen LogP contribution in [0.5, 0.6) is 17.2 Å². The number of nitrogens with one attached hydrogen (secondary N) is 2. The van der Waals surface area contributed by atoms with Gasteiger partial charge in [-0.1, -0.05) is 0 Å². The van der Waals surface area contributed by atoms with Crippen molar-refractivity contribution < 1.29 is 19.0 Å². The van der Waals surface area contributed by atoms with E-state index in [1.807, 2.05) is 30.3 Å². The van der Waals surface area contributed by atoms with Gasteiger partial charge in [0, 0.05) is 21.8 Å². The number of rotatable bonds is 6. The van der Waals surface area contributed by atoms with E-state index < -0.39 is 0 Å². The maximum atomic E-state index is 12.4. The molecule has 0 fully saturated rings. The summed E-state index contributed by atoms with van der Waals surface area (Å²) >= 11 is 1.47. The number of methoxy groups -OCH3 is 1. The van der Waals surface area contributed by atoms with E-state index in [2.05, 4.69) is 10.0 Å². The fourth-order valence-corrected chi connectivity index (χ4v) is 3.45. The second-order valence-electron chi connectivity index (χ2n) is 6.27. The summed E-state index contributed by atoms with van der Waals surface area (Å²) in [6.45, 7) is 1.14. The van der Waals surface area contributed by atoms with Gasteiger partial charge in [0.15, 0.2) is 11.5 Å². The molecule has 7 heteroatoms. The zero-order chi connectivity index (χ0) is 20.1. The second kappa shape index (κ2) is 8.79. The van der Waals surface area contributed by atoms with Gasteiger partial charge in [-0.25, -0.2) is 0 Å². The van der Waals surface area contributed by atoms with Crippen molar-refractivity contribution >= 4 is 29.2 Å². The molecule has 0 radical (unpaired) electrons. The quantitative estimate of drug-likeness (QED) is 0.569. The largest absolute Gasteiger partial charge is 0.497 e. The lowest BCUT2D eigenvalue weighted by atomic mass is 10.2. The average molecular weight is 408 g/mol. The number of carbonyl (C=O) groups is 1. The lowest BCUT2D eigenvalue weighted by Crippen LogP contribution is -2.15. The Morgan fingerprint density at radius 2 is 1.59 bits per heavy atom. The van der Waals surface area contributed by atoms with E-state index in [1.54, 1.807) is 43.5 Å². The highest BCUT2D eigenvalue weighted by atomic mass is 32.2. The highest BCUT2D eigenvalue weighted by molar-refractivity contribution is 8.00. The number of ether oxygens (including phenoxy) is 3. The molecule has 0 saturated carbocycles. The Labute approximate surface area is 173 Å². The van der Waals surface area contributed by atoms with E-state index in [0.29, 0.717) is 24.5 Å². The zero-order valence-corrected chi connectivity index (χ0v) is 16.6. The van der Waals surface area contributed by atoms with Crippen molar-refractivity contribution in [2.45, 2.75) is 4.90 Å². The summed E-state index contributed by atoms with van der Waals surface area (Å²) in [5.41, 5.74) is 2.19. The molecule has 0 aliphatic carbocycles. The summed E-state index contributed by atoms with van der Waals surface area (Å²) in [4.78, 5) is 13.4. The number of fused-ring (bicyclic) bond motifs is 1. The predicted molar refractivity (Wildman–Crippen MR) is 114 cm³/mol. The topological polar surface area (TPSA) is 68.8 Å². The second-order valence-corrected chi connectivity index (χ2v) is 7.15. The van der Waals surface area contributed by atoms with Gasteiger partial charge in [0.05, 0.1) is 7.11 Å². The van der Waals surface area contributed by atoms with Crippen LogP contribution >= 0.6 is 11.9 Å². The third kappa shape index (κ3) is 4.75. The molecule has 3 aromatic rings. The smallest absolute Gasteiger partial charge is 0.255 e. The monoisotopic (exact) mass is 408 g/mol. The molecule has 2 N–H and O–H groups in total. The fourth-order valence-electron chi connectivity index (χ4n) is 2.77. The summed E-state index contributed by atoms with van der Waals surface area (Å²) < 4.78 is 19.5. The van der Waals surface area contributed by atoms with Crippen LogP contribution in [-0.4, -0.2) is 26.2 Å². The van der Waals surface area contributed by atoms with Crippen LogP contribution in [-0.2, 0) is 0 Å². The Balaban J connectivity index is 1.34. The predicted octanol–water partition coefficient (Wildman–Crippen LogP) is 4.84. The molecule has 6 nitrogen and oxygen atoms in total. The number of hydrogen-bond acceptors (Lipinski definition) is 6. The SMILES string of the molecule is COc1ccc(NC(=O)c2ccc(NSc3ccc4c(c3)OCCO4)cc2)cc1. The van der Waals surface area contributed by atoms with Crippen LogP contribution in [0.15, 0.2) is 71.6 Å². The van der Waals surface area contributed by atoms with Crippen LogP contribution in [0.25, 0.3) is 0 Å². The molecule has 1 amide bonds. The van der Waals surface area contributed by atoms with E-state index in [-0.39, 0.29) is 5.91 Å². The highest BCUT2D eigenvalue weighted by Crippen LogP contribution is 2.34. The molecule has 0 atom stereocenters.